The summed E-state index contributed by atoms with van der Waals surface area (Å²) in [6.45, 7) is 0.354. The molecule has 1 aromatic heterocycles. The molecule has 0 aliphatic heterocycles. The van der Waals surface area contributed by atoms with E-state index in [9.17, 15) is 0 Å². The minimum Gasteiger partial charge on any atom is -0.508 e. The van der Waals surface area contributed by atoms with Crippen molar-refractivity contribution in [1.82, 2.24) is 9.78 Å². The van der Waals surface area contributed by atoms with E-state index in [1.807, 2.05) is 7.05 Å². The molecule has 0 atom stereocenters. The van der Waals surface area contributed by atoms with Crippen LogP contribution >= 0.6 is 0 Å². The Kier molecular flexibility index (Phi) is 2.68. The number of nitrogens with zero attached hydrogens (tertiary/aromatic N) is 2. The number of rotatable bonds is 3. The normalized spacial score (nSPS) is 10.3. The van der Waals surface area contributed by atoms with Crippen molar-refractivity contribution in [3.63, 3.8) is 0 Å². The molecule has 0 fully saturated rings. The molecule has 0 amide bonds. The van der Waals surface area contributed by atoms with Gasteiger partial charge in [0.1, 0.15) is 18.1 Å². The summed E-state index contributed by atoms with van der Waals surface area (Å²) in [6.07, 6.45) is 1.59. The zero-order valence-electron chi connectivity index (χ0n) is 8.92. The lowest BCUT2D eigenvalue weighted by Crippen LogP contribution is -2.05. The van der Waals surface area contributed by atoms with E-state index in [4.69, 9.17) is 15.6 Å². The molecule has 5 heteroatoms. The third kappa shape index (κ3) is 2.08. The summed E-state index contributed by atoms with van der Waals surface area (Å²) in [6, 6.07) is 6.54. The minimum absolute atomic E-state index is 0.215. The molecule has 5 nitrogen and oxygen atoms in total. The lowest BCUT2D eigenvalue weighted by atomic mass is 10.3. The number of anilines is 1. The number of nitrogen functional groups attached to an aromatic ring is 1. The third-order valence-corrected chi connectivity index (χ3v) is 2.31. The topological polar surface area (TPSA) is 73.3 Å². The van der Waals surface area contributed by atoms with Crippen molar-refractivity contribution in [3.8, 4) is 11.5 Å². The minimum atomic E-state index is 0.215. The number of aromatic nitrogens is 2. The lowest BCUT2D eigenvalue weighted by molar-refractivity contribution is 0.295. The van der Waals surface area contributed by atoms with Crippen LogP contribution in [0.1, 0.15) is 5.69 Å². The van der Waals surface area contributed by atoms with E-state index in [1.54, 1.807) is 35.1 Å². The molecule has 0 saturated carbocycles. The van der Waals surface area contributed by atoms with E-state index >= 15 is 0 Å². The molecular weight excluding hydrogens is 206 g/mol. The number of hydrogen-bond donors (Lipinski definition) is 2. The van der Waals surface area contributed by atoms with Crippen LogP contribution < -0.4 is 10.5 Å². The van der Waals surface area contributed by atoms with Gasteiger partial charge in [-0.15, -0.1) is 0 Å². The Morgan fingerprint density at radius 2 is 2.06 bits per heavy atom. The van der Waals surface area contributed by atoms with Crippen LogP contribution in [0.4, 0.5) is 5.69 Å². The smallest absolute Gasteiger partial charge is 0.132 e. The van der Waals surface area contributed by atoms with Gasteiger partial charge in [0.05, 0.1) is 17.6 Å². The Morgan fingerprint density at radius 1 is 1.38 bits per heavy atom. The second kappa shape index (κ2) is 4.14. The molecule has 0 radical (unpaired) electrons. The number of phenols is 1. The van der Waals surface area contributed by atoms with Gasteiger partial charge in [0, 0.05) is 7.05 Å². The zero-order valence-corrected chi connectivity index (χ0v) is 8.92. The van der Waals surface area contributed by atoms with Gasteiger partial charge in [-0.2, -0.15) is 5.10 Å². The molecule has 0 bridgehead atoms. The Balaban J connectivity index is 2.05. The van der Waals surface area contributed by atoms with Crippen molar-refractivity contribution in [3.05, 3.63) is 36.2 Å². The number of hydrogen-bond acceptors (Lipinski definition) is 4. The van der Waals surface area contributed by atoms with Crippen molar-refractivity contribution in [1.29, 1.82) is 0 Å². The first kappa shape index (κ1) is 10.4. The zero-order chi connectivity index (χ0) is 11.5. The van der Waals surface area contributed by atoms with Gasteiger partial charge < -0.3 is 15.6 Å². The van der Waals surface area contributed by atoms with Crippen molar-refractivity contribution in [2.24, 2.45) is 7.05 Å². The molecule has 0 aliphatic carbocycles. The van der Waals surface area contributed by atoms with Crippen molar-refractivity contribution >= 4 is 5.69 Å². The second-order valence-electron chi connectivity index (χ2n) is 3.45. The van der Waals surface area contributed by atoms with Crippen LogP contribution in [0.15, 0.2) is 30.5 Å². The van der Waals surface area contributed by atoms with Crippen molar-refractivity contribution in [2.45, 2.75) is 6.61 Å². The standard InChI is InChI=1S/C11H13N3O2/c1-14-11(10(12)6-13-14)7-16-9-4-2-8(15)3-5-9/h2-6,15H,7,12H2,1H3. The summed E-state index contributed by atoms with van der Waals surface area (Å²) in [5, 5.41) is 13.1. The maximum Gasteiger partial charge on any atom is 0.132 e. The molecular formula is C11H13N3O2. The quantitative estimate of drug-likeness (QED) is 0.815. The number of nitrogens with two attached hydrogens (primary N) is 1. The average Bonchev–Trinajstić information content (AvgIpc) is 2.59. The van der Waals surface area contributed by atoms with Gasteiger partial charge in [-0.25, -0.2) is 0 Å². The molecule has 0 spiro atoms. The van der Waals surface area contributed by atoms with Gasteiger partial charge in [0.2, 0.25) is 0 Å². The summed E-state index contributed by atoms with van der Waals surface area (Å²) in [5.41, 5.74) is 7.17. The fourth-order valence-electron chi connectivity index (χ4n) is 1.35. The summed E-state index contributed by atoms with van der Waals surface area (Å²) >= 11 is 0. The Bertz CT molecular complexity index is 457. The fraction of sp³-hybridized carbons (Fsp3) is 0.182. The molecule has 16 heavy (non-hydrogen) atoms. The molecule has 1 heterocycles. The predicted molar refractivity (Wildman–Crippen MR) is 60.1 cm³/mol. The number of ether oxygens (including phenoxy) is 1. The highest BCUT2D eigenvalue weighted by atomic mass is 16.5. The Labute approximate surface area is 93.1 Å². The maximum atomic E-state index is 9.11. The highest BCUT2D eigenvalue weighted by molar-refractivity contribution is 5.40. The molecule has 1 aromatic carbocycles. The van der Waals surface area contributed by atoms with Crippen LogP contribution in [0.5, 0.6) is 11.5 Å². The maximum absolute atomic E-state index is 9.11. The fourth-order valence-corrected chi connectivity index (χ4v) is 1.35. The van der Waals surface area contributed by atoms with Gasteiger partial charge in [-0.1, -0.05) is 0 Å². The third-order valence-electron chi connectivity index (χ3n) is 2.31. The molecule has 3 N–H and O–H groups in total. The van der Waals surface area contributed by atoms with Crippen LogP contribution in [-0.2, 0) is 13.7 Å². The summed E-state index contributed by atoms with van der Waals surface area (Å²) in [7, 11) is 1.81. The van der Waals surface area contributed by atoms with E-state index in [0.29, 0.717) is 18.0 Å². The molecule has 84 valence electrons. The van der Waals surface area contributed by atoms with Gasteiger partial charge in [-0.3, -0.25) is 4.68 Å². The van der Waals surface area contributed by atoms with Crippen LogP contribution in [0.25, 0.3) is 0 Å². The highest BCUT2D eigenvalue weighted by Gasteiger charge is 2.05. The highest BCUT2D eigenvalue weighted by Crippen LogP contribution is 2.18. The first-order valence-corrected chi connectivity index (χ1v) is 4.85. The summed E-state index contributed by atoms with van der Waals surface area (Å²) < 4.78 is 7.19. The summed E-state index contributed by atoms with van der Waals surface area (Å²) in [5.74, 6) is 0.894. The van der Waals surface area contributed by atoms with E-state index < -0.39 is 0 Å². The first-order valence-electron chi connectivity index (χ1n) is 4.85. The van der Waals surface area contributed by atoms with Crippen LogP contribution in [0, 0.1) is 0 Å². The molecule has 0 aliphatic rings. The van der Waals surface area contributed by atoms with Gasteiger partial charge in [-0.05, 0) is 24.3 Å². The monoisotopic (exact) mass is 219 g/mol. The van der Waals surface area contributed by atoms with E-state index in [2.05, 4.69) is 5.10 Å². The van der Waals surface area contributed by atoms with Crippen molar-refractivity contribution in [2.75, 3.05) is 5.73 Å². The number of phenolic OH excluding ortho intramolecular Hbond substituents is 1. The number of aryl methyl sites for hydroxylation is 1. The van der Waals surface area contributed by atoms with Crippen LogP contribution in [0.2, 0.25) is 0 Å². The van der Waals surface area contributed by atoms with Crippen LogP contribution in [-0.4, -0.2) is 14.9 Å². The Hall–Kier alpha value is -2.17. The van der Waals surface area contributed by atoms with Crippen LogP contribution in [0.3, 0.4) is 0 Å². The SMILES string of the molecule is Cn1ncc(N)c1COc1ccc(O)cc1. The molecule has 0 saturated heterocycles. The average molecular weight is 219 g/mol. The second-order valence-corrected chi connectivity index (χ2v) is 3.45. The van der Waals surface area contributed by atoms with E-state index in [1.165, 1.54) is 0 Å². The number of benzene rings is 1. The Morgan fingerprint density at radius 3 is 2.62 bits per heavy atom. The molecule has 2 rings (SSSR count). The predicted octanol–water partition coefficient (Wildman–Crippen LogP) is 1.29. The lowest BCUT2D eigenvalue weighted by Gasteiger charge is -2.07. The van der Waals surface area contributed by atoms with Gasteiger partial charge in [0.15, 0.2) is 0 Å². The molecule has 2 aromatic rings. The van der Waals surface area contributed by atoms with Gasteiger partial charge >= 0.3 is 0 Å². The summed E-state index contributed by atoms with van der Waals surface area (Å²) in [4.78, 5) is 0. The van der Waals surface area contributed by atoms with Crippen molar-refractivity contribution < 1.29 is 9.84 Å². The number of aromatic hydroxyl groups is 1. The van der Waals surface area contributed by atoms with E-state index in [-0.39, 0.29) is 5.75 Å². The van der Waals surface area contributed by atoms with E-state index in [0.717, 1.165) is 5.69 Å². The largest absolute Gasteiger partial charge is 0.508 e. The first-order chi connectivity index (χ1) is 7.66. The molecule has 0 unspecified atom stereocenters. The van der Waals surface area contributed by atoms with Gasteiger partial charge in [0.25, 0.3) is 0 Å².